The number of amides is 5. The molecule has 2 aliphatic carbocycles. The Balaban J connectivity index is 1.25. The first-order valence-electron chi connectivity index (χ1n) is 17.2. The summed E-state index contributed by atoms with van der Waals surface area (Å²) < 4.78 is 44.6. The molecule has 17 heteroatoms. The van der Waals surface area contributed by atoms with Gasteiger partial charge < -0.3 is 29.7 Å². The Morgan fingerprint density at radius 1 is 1.12 bits per heavy atom. The molecule has 5 atom stereocenters. The molecule has 278 valence electrons. The van der Waals surface area contributed by atoms with Gasteiger partial charge in [-0.15, -0.1) is 0 Å². The van der Waals surface area contributed by atoms with Gasteiger partial charge in [0, 0.05) is 30.5 Å². The van der Waals surface area contributed by atoms with Crippen molar-refractivity contribution in [1.82, 2.24) is 25.2 Å². The number of sulfonamides is 1. The van der Waals surface area contributed by atoms with Gasteiger partial charge in [0.2, 0.25) is 21.8 Å². The summed E-state index contributed by atoms with van der Waals surface area (Å²) in [4.78, 5) is 70.9. The second kappa shape index (κ2) is 14.3. The van der Waals surface area contributed by atoms with Crippen LogP contribution in [0.15, 0.2) is 30.4 Å². The zero-order valence-electron chi connectivity index (χ0n) is 28.8. The molecule has 3 N–H and O–H groups in total. The van der Waals surface area contributed by atoms with E-state index in [-0.39, 0.29) is 52.1 Å². The Labute approximate surface area is 301 Å². The summed E-state index contributed by atoms with van der Waals surface area (Å²) in [7, 11) is -3.93. The van der Waals surface area contributed by atoms with Crippen molar-refractivity contribution in [3.63, 3.8) is 0 Å². The maximum Gasteiger partial charge on any atom is 0.410 e. The molecule has 15 nitrogen and oxygen atoms in total. The van der Waals surface area contributed by atoms with Gasteiger partial charge in [-0.05, 0) is 70.1 Å². The first-order chi connectivity index (χ1) is 24.1. The average molecular weight is 750 g/mol. The molecular formula is C34H44ClN5O10S. The molecule has 2 saturated carbocycles. The fraction of sp³-hybridized carbons (Fsp3) is 0.618. The number of alkyl carbamates (subject to hydrolysis) is 1. The maximum absolute atomic E-state index is 14.3. The fourth-order valence-electron chi connectivity index (χ4n) is 6.74. The van der Waals surface area contributed by atoms with E-state index in [1.807, 2.05) is 6.07 Å². The van der Waals surface area contributed by atoms with Gasteiger partial charge in [-0.2, -0.15) is 0 Å². The van der Waals surface area contributed by atoms with Crippen LogP contribution in [0.5, 0.6) is 0 Å². The third kappa shape index (κ3) is 8.44. The van der Waals surface area contributed by atoms with Crippen LogP contribution < -0.4 is 15.4 Å². The molecule has 0 aromatic heterocycles. The lowest BCUT2D eigenvalue weighted by atomic mass is 10.1. The Kier molecular flexibility index (Phi) is 10.3. The van der Waals surface area contributed by atoms with Crippen LogP contribution in [0.1, 0.15) is 70.4 Å². The molecule has 51 heavy (non-hydrogen) atoms. The highest BCUT2D eigenvalue weighted by Crippen LogP contribution is 2.46. The molecule has 1 saturated heterocycles. The number of rotatable bonds is 5. The molecule has 3 heterocycles. The van der Waals surface area contributed by atoms with Gasteiger partial charge in [-0.25, -0.2) is 18.0 Å². The van der Waals surface area contributed by atoms with E-state index in [2.05, 4.69) is 15.4 Å². The van der Waals surface area contributed by atoms with Gasteiger partial charge in [0.05, 0.1) is 24.9 Å². The predicted octanol–water partition coefficient (Wildman–Crippen LogP) is 2.50. The topological polar surface area (TPSA) is 190 Å². The second-order valence-corrected chi connectivity index (χ2v) is 17.1. The number of nitrogens with zero attached hydrogens (tertiary/aromatic N) is 2. The standard InChI is InChI=1S/C34H44ClN5O10S/c1-33(2,3)50-31(44)36-26-10-6-14-48-13-5-8-21-16-34(21,30(43)38-51(46,47)23-11-12-23)37-28(41)27-15-22(18-40(27)29(26)42)49-32(45)39-17-20-7-4-9-25(35)24(20)19-39/h4-5,7-9,21-23,26-27H,6,10-19H2,1-3H3,(H,36,44)(H,37,41)(H,38,43)/b8-5-/t21-,22?,26+,27+,34-/m1/s1. The molecule has 0 bridgehead atoms. The number of benzene rings is 1. The number of nitrogens with one attached hydrogen (secondary N) is 3. The molecule has 1 aromatic rings. The molecule has 3 fully saturated rings. The smallest absolute Gasteiger partial charge is 0.410 e. The summed E-state index contributed by atoms with van der Waals surface area (Å²) in [5, 5.41) is 5.26. The summed E-state index contributed by atoms with van der Waals surface area (Å²) in [6.45, 7) is 5.80. The summed E-state index contributed by atoms with van der Waals surface area (Å²) >= 11 is 6.34. The van der Waals surface area contributed by atoms with E-state index in [1.165, 1.54) is 9.80 Å². The first kappa shape index (κ1) is 36.9. The van der Waals surface area contributed by atoms with Crippen molar-refractivity contribution in [1.29, 1.82) is 0 Å². The molecule has 5 aliphatic rings. The Hall–Kier alpha value is -3.89. The first-order valence-corrected chi connectivity index (χ1v) is 19.1. The highest BCUT2D eigenvalue weighted by atomic mass is 35.5. The van der Waals surface area contributed by atoms with Crippen molar-refractivity contribution in [3.8, 4) is 0 Å². The summed E-state index contributed by atoms with van der Waals surface area (Å²) in [5.74, 6) is -2.73. The van der Waals surface area contributed by atoms with Crippen LogP contribution in [0.3, 0.4) is 0 Å². The van der Waals surface area contributed by atoms with Crippen molar-refractivity contribution >= 4 is 51.5 Å². The Bertz CT molecular complexity index is 1730. The lowest BCUT2D eigenvalue weighted by Crippen LogP contribution is -2.58. The minimum Gasteiger partial charge on any atom is -0.444 e. The van der Waals surface area contributed by atoms with E-state index in [0.717, 1.165) is 11.1 Å². The lowest BCUT2D eigenvalue weighted by Gasteiger charge is -2.30. The van der Waals surface area contributed by atoms with Crippen LogP contribution >= 0.6 is 11.6 Å². The van der Waals surface area contributed by atoms with E-state index in [4.69, 9.17) is 25.8 Å². The van der Waals surface area contributed by atoms with Gasteiger partial charge in [0.25, 0.3) is 5.91 Å². The highest BCUT2D eigenvalue weighted by Gasteiger charge is 2.62. The van der Waals surface area contributed by atoms with Crippen LogP contribution in [0.25, 0.3) is 0 Å². The number of carbonyl (C=O) groups is 5. The van der Waals surface area contributed by atoms with Crippen LogP contribution in [0, 0.1) is 5.92 Å². The Morgan fingerprint density at radius 2 is 1.88 bits per heavy atom. The van der Waals surface area contributed by atoms with Gasteiger partial charge in [0.15, 0.2) is 0 Å². The van der Waals surface area contributed by atoms with Crippen LogP contribution in [-0.4, -0.2) is 102 Å². The molecule has 6 rings (SSSR count). The van der Waals surface area contributed by atoms with E-state index in [0.29, 0.717) is 24.3 Å². The monoisotopic (exact) mass is 749 g/mol. The van der Waals surface area contributed by atoms with Crippen LogP contribution in [0.4, 0.5) is 9.59 Å². The van der Waals surface area contributed by atoms with E-state index in [9.17, 15) is 32.4 Å². The van der Waals surface area contributed by atoms with Crippen LogP contribution in [-0.2, 0) is 51.7 Å². The summed E-state index contributed by atoms with van der Waals surface area (Å²) in [6.07, 6.45) is 2.43. The van der Waals surface area contributed by atoms with Gasteiger partial charge >= 0.3 is 12.2 Å². The summed E-state index contributed by atoms with van der Waals surface area (Å²) in [5.41, 5.74) is -0.744. The molecule has 3 aliphatic heterocycles. The lowest BCUT2D eigenvalue weighted by molar-refractivity contribution is -0.141. The van der Waals surface area contributed by atoms with Crippen molar-refractivity contribution < 1.29 is 46.6 Å². The normalized spacial score (nSPS) is 28.9. The largest absolute Gasteiger partial charge is 0.444 e. The second-order valence-electron chi connectivity index (χ2n) is 14.8. The zero-order valence-corrected chi connectivity index (χ0v) is 30.4. The number of halogens is 1. The van der Waals surface area contributed by atoms with Crippen LogP contribution in [0.2, 0.25) is 5.02 Å². The predicted molar refractivity (Wildman–Crippen MR) is 183 cm³/mol. The molecule has 5 amide bonds. The molecule has 0 radical (unpaired) electrons. The van der Waals surface area contributed by atoms with Crippen molar-refractivity contribution in [3.05, 3.63) is 46.5 Å². The third-order valence-corrected chi connectivity index (χ3v) is 11.8. The minimum absolute atomic E-state index is 0.105. The highest BCUT2D eigenvalue weighted by molar-refractivity contribution is 7.91. The number of hydrogen-bond acceptors (Lipinski definition) is 10. The summed E-state index contributed by atoms with van der Waals surface area (Å²) in [6, 6.07) is 3.06. The third-order valence-electron chi connectivity index (χ3n) is 9.62. The van der Waals surface area contributed by atoms with Gasteiger partial charge in [0.1, 0.15) is 29.3 Å². The van der Waals surface area contributed by atoms with E-state index in [1.54, 1.807) is 45.1 Å². The number of hydrogen-bond donors (Lipinski definition) is 3. The van der Waals surface area contributed by atoms with Crippen molar-refractivity contribution in [2.24, 2.45) is 5.92 Å². The van der Waals surface area contributed by atoms with Gasteiger partial charge in [-0.3, -0.25) is 24.0 Å². The number of carbonyl (C=O) groups excluding carboxylic acids is 5. The molecule has 0 spiro atoms. The zero-order chi connectivity index (χ0) is 36.7. The van der Waals surface area contributed by atoms with E-state index >= 15 is 0 Å². The maximum atomic E-state index is 14.3. The molecule has 1 unspecified atom stereocenters. The quantitative estimate of drug-likeness (QED) is 0.378. The van der Waals surface area contributed by atoms with Gasteiger partial charge in [-0.1, -0.05) is 35.9 Å². The van der Waals surface area contributed by atoms with Crippen molar-refractivity contribution in [2.45, 2.75) is 107 Å². The Morgan fingerprint density at radius 3 is 2.59 bits per heavy atom. The van der Waals surface area contributed by atoms with Crippen molar-refractivity contribution in [2.75, 3.05) is 19.8 Å². The fourth-order valence-corrected chi connectivity index (χ4v) is 8.35. The number of ether oxygens (including phenoxy) is 3. The SMILES string of the molecule is CC(C)(C)OC(=O)N[C@H]1CCCOC/C=C\[C@@H]2C[C@@]2(C(=O)NS(=O)(=O)C2CC2)NC(=O)[C@@H]2CC(OC(=O)N3Cc4cccc(Cl)c4C3)CN2C1=O. The van der Waals surface area contributed by atoms with E-state index < -0.39 is 80.4 Å². The molecule has 1 aromatic carbocycles. The molecular weight excluding hydrogens is 706 g/mol. The minimum atomic E-state index is -3.93. The average Bonchev–Trinajstić information content (AvgIpc) is 3.93. The number of fused-ring (bicyclic) bond motifs is 3.